The molecule has 7 nitrogen and oxygen atoms in total. The molecule has 0 spiro atoms. The van der Waals surface area contributed by atoms with Crippen molar-refractivity contribution >= 4 is 17.3 Å². The van der Waals surface area contributed by atoms with Crippen LogP contribution < -0.4 is 14.8 Å². The Morgan fingerprint density at radius 3 is 2.47 bits per heavy atom. The maximum absolute atomic E-state index is 13.4. The second-order valence-electron chi connectivity index (χ2n) is 6.42. The topological polar surface area (TPSA) is 90.7 Å². The SMILES string of the molecule is CC(Oc1cc(F)ccc1[N+](=O)[O-])C(=O)Nc1ccc(OCc2ccccc2)cc1. The lowest BCUT2D eigenvalue weighted by atomic mass is 10.2. The lowest BCUT2D eigenvalue weighted by Gasteiger charge is -2.15. The highest BCUT2D eigenvalue weighted by Gasteiger charge is 2.22. The number of hydrogen-bond donors (Lipinski definition) is 1. The molecule has 3 rings (SSSR count). The van der Waals surface area contributed by atoms with Gasteiger partial charge in [-0.15, -0.1) is 0 Å². The Balaban J connectivity index is 1.58. The van der Waals surface area contributed by atoms with Gasteiger partial charge < -0.3 is 14.8 Å². The molecule has 1 unspecified atom stereocenters. The second kappa shape index (κ2) is 9.51. The summed E-state index contributed by atoms with van der Waals surface area (Å²) in [5, 5.41) is 13.7. The predicted octanol–water partition coefficient (Wildman–Crippen LogP) is 4.72. The lowest BCUT2D eigenvalue weighted by Crippen LogP contribution is -2.30. The van der Waals surface area contributed by atoms with E-state index in [1.165, 1.54) is 6.92 Å². The minimum absolute atomic E-state index is 0.313. The molecule has 0 saturated carbocycles. The van der Waals surface area contributed by atoms with E-state index in [1.54, 1.807) is 24.3 Å². The molecule has 1 atom stereocenters. The number of carbonyl (C=O) groups is 1. The van der Waals surface area contributed by atoms with E-state index in [0.29, 0.717) is 18.0 Å². The normalized spacial score (nSPS) is 11.4. The smallest absolute Gasteiger partial charge is 0.311 e. The van der Waals surface area contributed by atoms with Gasteiger partial charge in [0.2, 0.25) is 5.75 Å². The van der Waals surface area contributed by atoms with Gasteiger partial charge in [0.15, 0.2) is 6.10 Å². The molecular weight excluding hydrogens is 391 g/mol. The van der Waals surface area contributed by atoms with Crippen LogP contribution in [0.2, 0.25) is 0 Å². The maximum Gasteiger partial charge on any atom is 0.311 e. The number of anilines is 1. The Kier molecular flexibility index (Phi) is 6.59. The van der Waals surface area contributed by atoms with Crippen molar-refractivity contribution in [2.45, 2.75) is 19.6 Å². The Labute approximate surface area is 172 Å². The molecule has 0 fully saturated rings. The second-order valence-corrected chi connectivity index (χ2v) is 6.42. The van der Waals surface area contributed by atoms with Crippen molar-refractivity contribution in [2.75, 3.05) is 5.32 Å². The first kappa shape index (κ1) is 20.8. The van der Waals surface area contributed by atoms with E-state index in [1.807, 2.05) is 30.3 Å². The number of ether oxygens (including phenoxy) is 2. The van der Waals surface area contributed by atoms with Crippen LogP contribution in [0.3, 0.4) is 0 Å². The van der Waals surface area contributed by atoms with Gasteiger partial charge in [-0.1, -0.05) is 30.3 Å². The van der Waals surface area contributed by atoms with E-state index in [-0.39, 0.29) is 5.75 Å². The number of nitrogens with one attached hydrogen (secondary N) is 1. The van der Waals surface area contributed by atoms with E-state index in [2.05, 4.69) is 5.32 Å². The number of nitro groups is 1. The van der Waals surface area contributed by atoms with Gasteiger partial charge in [0.25, 0.3) is 5.91 Å². The average molecular weight is 410 g/mol. The van der Waals surface area contributed by atoms with Crippen molar-refractivity contribution < 1.29 is 23.6 Å². The van der Waals surface area contributed by atoms with E-state index < -0.39 is 28.4 Å². The fourth-order valence-electron chi connectivity index (χ4n) is 2.60. The fraction of sp³-hybridized carbons (Fsp3) is 0.136. The standard InChI is InChI=1S/C22H19FN2O5/c1-15(30-21-13-17(23)7-12-20(21)25(27)28)22(26)24-18-8-10-19(11-9-18)29-14-16-5-3-2-4-6-16/h2-13,15H,14H2,1H3,(H,24,26). The third kappa shape index (κ3) is 5.54. The fourth-order valence-corrected chi connectivity index (χ4v) is 2.60. The third-order valence-corrected chi connectivity index (χ3v) is 4.16. The number of benzene rings is 3. The molecule has 0 saturated heterocycles. The number of halogens is 1. The highest BCUT2D eigenvalue weighted by molar-refractivity contribution is 5.94. The molecule has 3 aromatic carbocycles. The van der Waals surface area contributed by atoms with Gasteiger partial charge in [-0.05, 0) is 42.8 Å². The molecule has 8 heteroatoms. The first-order valence-corrected chi connectivity index (χ1v) is 9.10. The van der Waals surface area contributed by atoms with Crippen LogP contribution in [0.5, 0.6) is 11.5 Å². The molecule has 0 aliphatic carbocycles. The van der Waals surface area contributed by atoms with Crippen LogP contribution in [0, 0.1) is 15.9 Å². The van der Waals surface area contributed by atoms with Gasteiger partial charge in [0.05, 0.1) is 4.92 Å². The zero-order chi connectivity index (χ0) is 21.5. The quantitative estimate of drug-likeness (QED) is 0.429. The minimum atomic E-state index is -1.08. The first-order chi connectivity index (χ1) is 14.4. The molecule has 1 amide bonds. The zero-order valence-electron chi connectivity index (χ0n) is 16.1. The van der Waals surface area contributed by atoms with E-state index in [4.69, 9.17) is 9.47 Å². The molecule has 0 radical (unpaired) electrons. The Hall–Kier alpha value is -3.94. The van der Waals surface area contributed by atoms with Crippen LogP contribution >= 0.6 is 0 Å². The summed E-state index contributed by atoms with van der Waals surface area (Å²) in [4.78, 5) is 22.7. The maximum atomic E-state index is 13.4. The molecule has 0 aliphatic rings. The van der Waals surface area contributed by atoms with Crippen LogP contribution in [0.25, 0.3) is 0 Å². The van der Waals surface area contributed by atoms with Crippen molar-refractivity contribution in [1.29, 1.82) is 0 Å². The van der Waals surface area contributed by atoms with Crippen molar-refractivity contribution in [2.24, 2.45) is 0 Å². The van der Waals surface area contributed by atoms with Crippen LogP contribution in [-0.4, -0.2) is 16.9 Å². The van der Waals surface area contributed by atoms with Crippen molar-refractivity contribution in [3.05, 3.63) is 94.3 Å². The summed E-state index contributed by atoms with van der Waals surface area (Å²) < 4.78 is 24.4. The van der Waals surface area contributed by atoms with E-state index >= 15 is 0 Å². The van der Waals surface area contributed by atoms with Crippen molar-refractivity contribution in [3.63, 3.8) is 0 Å². The Morgan fingerprint density at radius 2 is 1.80 bits per heavy atom. The van der Waals surface area contributed by atoms with Gasteiger partial charge in [0, 0.05) is 17.8 Å². The van der Waals surface area contributed by atoms with Crippen LogP contribution in [0.1, 0.15) is 12.5 Å². The van der Waals surface area contributed by atoms with Crippen molar-refractivity contribution in [3.8, 4) is 11.5 Å². The van der Waals surface area contributed by atoms with Crippen LogP contribution in [-0.2, 0) is 11.4 Å². The van der Waals surface area contributed by atoms with Gasteiger partial charge in [-0.2, -0.15) is 0 Å². The Bertz CT molecular complexity index is 1030. The largest absolute Gasteiger partial charge is 0.489 e. The molecule has 0 aliphatic heterocycles. The predicted molar refractivity (Wildman–Crippen MR) is 109 cm³/mol. The number of nitrogens with zero attached hydrogens (tertiary/aromatic N) is 1. The summed E-state index contributed by atoms with van der Waals surface area (Å²) in [6.45, 7) is 1.84. The Morgan fingerprint density at radius 1 is 1.10 bits per heavy atom. The van der Waals surface area contributed by atoms with Gasteiger partial charge in [0.1, 0.15) is 18.2 Å². The third-order valence-electron chi connectivity index (χ3n) is 4.16. The summed E-state index contributed by atoms with van der Waals surface area (Å²) in [6.07, 6.45) is -1.08. The summed E-state index contributed by atoms with van der Waals surface area (Å²) in [5.41, 5.74) is 1.11. The molecule has 0 heterocycles. The van der Waals surface area contributed by atoms with E-state index in [0.717, 1.165) is 23.8 Å². The highest BCUT2D eigenvalue weighted by Crippen LogP contribution is 2.28. The first-order valence-electron chi connectivity index (χ1n) is 9.10. The molecule has 1 N–H and O–H groups in total. The molecule has 154 valence electrons. The number of amides is 1. The number of nitro benzene ring substituents is 1. The zero-order valence-corrected chi connectivity index (χ0v) is 16.1. The molecule has 30 heavy (non-hydrogen) atoms. The summed E-state index contributed by atoms with van der Waals surface area (Å²) in [7, 11) is 0. The van der Waals surface area contributed by atoms with Crippen LogP contribution in [0.15, 0.2) is 72.8 Å². The molecule has 3 aromatic rings. The van der Waals surface area contributed by atoms with Gasteiger partial charge in [-0.25, -0.2) is 4.39 Å². The molecular formula is C22H19FN2O5. The van der Waals surface area contributed by atoms with Crippen molar-refractivity contribution in [1.82, 2.24) is 0 Å². The number of hydrogen-bond acceptors (Lipinski definition) is 5. The monoisotopic (exact) mass is 410 g/mol. The lowest BCUT2D eigenvalue weighted by molar-refractivity contribution is -0.386. The molecule has 0 aromatic heterocycles. The summed E-state index contributed by atoms with van der Waals surface area (Å²) >= 11 is 0. The number of carbonyl (C=O) groups excluding carboxylic acids is 1. The summed E-state index contributed by atoms with van der Waals surface area (Å²) in [6, 6.07) is 19.3. The van der Waals surface area contributed by atoms with E-state index in [9.17, 15) is 19.3 Å². The summed E-state index contributed by atoms with van der Waals surface area (Å²) in [5.74, 6) is -0.912. The average Bonchev–Trinajstić information content (AvgIpc) is 2.73. The molecule has 0 bridgehead atoms. The van der Waals surface area contributed by atoms with Crippen LogP contribution in [0.4, 0.5) is 15.8 Å². The minimum Gasteiger partial charge on any atom is -0.489 e. The number of rotatable bonds is 8. The van der Waals surface area contributed by atoms with Gasteiger partial charge >= 0.3 is 5.69 Å². The highest BCUT2D eigenvalue weighted by atomic mass is 19.1. The van der Waals surface area contributed by atoms with Gasteiger partial charge in [-0.3, -0.25) is 14.9 Å².